The molecule has 0 spiro atoms. The maximum Gasteiger partial charge on any atom is 0.304 e. The van der Waals surface area contributed by atoms with Gasteiger partial charge in [-0.1, -0.05) is 0 Å². The molecule has 2 unspecified atom stereocenters. The Labute approximate surface area is 110 Å². The molecule has 0 aromatic carbocycles. The molecule has 8 nitrogen and oxygen atoms in total. The number of ether oxygens (including phenoxy) is 1. The van der Waals surface area contributed by atoms with E-state index in [0.29, 0.717) is 19.3 Å². The first-order valence-corrected chi connectivity index (χ1v) is 5.90. The standard InChI is InChI=1S/C11H18N4O4/c1-6(16)15-8(5-10(15)18)3-4-9(14-11(12)13)19-7(2)17/h8-9H,3-5H2,1-2H3,(H4,12,13,14). The summed E-state index contributed by atoms with van der Waals surface area (Å²) in [5.74, 6) is -1.15. The van der Waals surface area contributed by atoms with Gasteiger partial charge in [-0.2, -0.15) is 0 Å². The van der Waals surface area contributed by atoms with Crippen molar-refractivity contribution in [1.82, 2.24) is 4.90 Å². The number of carbonyl (C=O) groups excluding carboxylic acids is 3. The quantitative estimate of drug-likeness (QED) is 0.287. The number of esters is 1. The second-order valence-corrected chi connectivity index (χ2v) is 4.34. The Hall–Kier alpha value is -2.12. The van der Waals surface area contributed by atoms with Crippen LogP contribution in [-0.2, 0) is 19.1 Å². The van der Waals surface area contributed by atoms with Crippen molar-refractivity contribution in [2.75, 3.05) is 0 Å². The van der Waals surface area contributed by atoms with Gasteiger partial charge in [-0.05, 0) is 6.42 Å². The summed E-state index contributed by atoms with van der Waals surface area (Å²) < 4.78 is 4.93. The maximum absolute atomic E-state index is 11.2. The van der Waals surface area contributed by atoms with Crippen LogP contribution in [0.4, 0.5) is 0 Å². The summed E-state index contributed by atoms with van der Waals surface area (Å²) >= 11 is 0. The van der Waals surface area contributed by atoms with Gasteiger partial charge < -0.3 is 16.2 Å². The molecule has 1 saturated heterocycles. The number of aliphatic imine (C=N–C) groups is 1. The van der Waals surface area contributed by atoms with Crippen molar-refractivity contribution in [2.45, 2.75) is 45.4 Å². The van der Waals surface area contributed by atoms with Gasteiger partial charge >= 0.3 is 5.97 Å². The fourth-order valence-electron chi connectivity index (χ4n) is 1.99. The van der Waals surface area contributed by atoms with E-state index in [4.69, 9.17) is 16.2 Å². The Kier molecular flexibility index (Phi) is 4.85. The molecule has 4 N–H and O–H groups in total. The summed E-state index contributed by atoms with van der Waals surface area (Å²) in [6, 6.07) is -0.169. The van der Waals surface area contributed by atoms with Crippen LogP contribution in [0.15, 0.2) is 4.99 Å². The lowest BCUT2D eigenvalue weighted by molar-refractivity contribution is -0.158. The number of likely N-dealkylation sites (tertiary alicyclic amines) is 1. The molecule has 1 fully saturated rings. The summed E-state index contributed by atoms with van der Waals surface area (Å²) in [5.41, 5.74) is 10.5. The molecule has 2 atom stereocenters. The van der Waals surface area contributed by atoms with Gasteiger partial charge in [0, 0.05) is 32.7 Å². The number of hydrogen-bond acceptors (Lipinski definition) is 5. The first-order chi connectivity index (χ1) is 8.81. The highest BCUT2D eigenvalue weighted by molar-refractivity contribution is 5.99. The molecule has 8 heteroatoms. The number of β-lactam (4-membered cyclic amide) rings is 1. The van der Waals surface area contributed by atoms with Gasteiger partial charge in [-0.3, -0.25) is 19.3 Å². The zero-order chi connectivity index (χ0) is 14.6. The van der Waals surface area contributed by atoms with Crippen LogP contribution >= 0.6 is 0 Å². The van der Waals surface area contributed by atoms with Gasteiger partial charge in [-0.15, -0.1) is 0 Å². The van der Waals surface area contributed by atoms with E-state index < -0.39 is 12.2 Å². The number of carbonyl (C=O) groups is 3. The predicted molar refractivity (Wildman–Crippen MR) is 66.5 cm³/mol. The zero-order valence-electron chi connectivity index (χ0n) is 11.0. The Bertz CT molecular complexity index is 409. The van der Waals surface area contributed by atoms with Crippen molar-refractivity contribution in [3.05, 3.63) is 0 Å². The number of nitrogens with two attached hydrogens (primary N) is 2. The largest absolute Gasteiger partial charge is 0.440 e. The monoisotopic (exact) mass is 270 g/mol. The van der Waals surface area contributed by atoms with Crippen LogP contribution in [0.5, 0.6) is 0 Å². The number of guanidine groups is 1. The van der Waals surface area contributed by atoms with Crippen LogP contribution in [0.2, 0.25) is 0 Å². The van der Waals surface area contributed by atoms with E-state index in [-0.39, 0.29) is 23.8 Å². The van der Waals surface area contributed by atoms with E-state index in [0.717, 1.165) is 0 Å². The summed E-state index contributed by atoms with van der Waals surface area (Å²) in [7, 11) is 0. The number of amides is 2. The molecule has 0 aliphatic carbocycles. The molecule has 0 radical (unpaired) electrons. The average Bonchev–Trinajstić information content (AvgIpc) is 2.20. The topological polar surface area (TPSA) is 128 Å². The first kappa shape index (κ1) is 14.9. The van der Waals surface area contributed by atoms with Crippen LogP contribution in [0.3, 0.4) is 0 Å². The number of imide groups is 1. The van der Waals surface area contributed by atoms with Crippen molar-refractivity contribution >= 4 is 23.7 Å². The minimum atomic E-state index is -0.785. The third-order valence-electron chi connectivity index (χ3n) is 2.73. The summed E-state index contributed by atoms with van der Waals surface area (Å²) in [6.07, 6.45) is 0.361. The minimum Gasteiger partial charge on any atom is -0.440 e. The fourth-order valence-corrected chi connectivity index (χ4v) is 1.99. The van der Waals surface area contributed by atoms with Crippen LogP contribution < -0.4 is 11.5 Å². The molecular weight excluding hydrogens is 252 g/mol. The highest BCUT2D eigenvalue weighted by Crippen LogP contribution is 2.24. The average molecular weight is 270 g/mol. The van der Waals surface area contributed by atoms with Gasteiger partial charge in [0.1, 0.15) is 0 Å². The number of rotatable bonds is 5. The maximum atomic E-state index is 11.2. The van der Waals surface area contributed by atoms with Crippen LogP contribution in [0.1, 0.15) is 33.1 Å². The van der Waals surface area contributed by atoms with Crippen molar-refractivity contribution in [2.24, 2.45) is 16.5 Å². The Morgan fingerprint density at radius 1 is 1.47 bits per heavy atom. The number of hydrogen-bond donors (Lipinski definition) is 2. The molecule has 1 rings (SSSR count). The summed E-state index contributed by atoms with van der Waals surface area (Å²) in [6.45, 7) is 2.59. The second-order valence-electron chi connectivity index (χ2n) is 4.34. The van der Waals surface area contributed by atoms with E-state index in [1.165, 1.54) is 18.7 Å². The van der Waals surface area contributed by atoms with E-state index >= 15 is 0 Å². The SMILES string of the molecule is CC(=O)OC(CCC1CC(=O)N1C(C)=O)N=C(N)N. The van der Waals surface area contributed by atoms with Gasteiger partial charge in [0.25, 0.3) is 0 Å². The lowest BCUT2D eigenvalue weighted by Gasteiger charge is -2.38. The van der Waals surface area contributed by atoms with Gasteiger partial charge in [0.05, 0.1) is 0 Å². The van der Waals surface area contributed by atoms with Gasteiger partial charge in [-0.25, -0.2) is 4.99 Å². The molecular formula is C11H18N4O4. The van der Waals surface area contributed by atoms with Crippen molar-refractivity contribution < 1.29 is 19.1 Å². The van der Waals surface area contributed by atoms with Crippen LogP contribution in [0, 0.1) is 0 Å². The normalized spacial score (nSPS) is 19.4. The number of nitrogens with zero attached hydrogens (tertiary/aromatic N) is 2. The van der Waals surface area contributed by atoms with Gasteiger partial charge in [0.2, 0.25) is 11.8 Å². The molecule has 2 amide bonds. The van der Waals surface area contributed by atoms with Crippen LogP contribution in [-0.4, -0.2) is 40.9 Å². The Morgan fingerprint density at radius 2 is 2.11 bits per heavy atom. The van der Waals surface area contributed by atoms with E-state index in [1.54, 1.807) is 0 Å². The molecule has 1 aliphatic heterocycles. The predicted octanol–water partition coefficient (Wildman–Crippen LogP) is -0.923. The molecule has 1 heterocycles. The lowest BCUT2D eigenvalue weighted by Crippen LogP contribution is -2.54. The lowest BCUT2D eigenvalue weighted by atomic mass is 9.96. The van der Waals surface area contributed by atoms with Crippen molar-refractivity contribution in [1.29, 1.82) is 0 Å². The molecule has 19 heavy (non-hydrogen) atoms. The third-order valence-corrected chi connectivity index (χ3v) is 2.73. The molecule has 0 aromatic heterocycles. The smallest absolute Gasteiger partial charge is 0.304 e. The molecule has 0 aromatic rings. The highest BCUT2D eigenvalue weighted by Gasteiger charge is 2.38. The third kappa shape index (κ3) is 4.23. The zero-order valence-corrected chi connectivity index (χ0v) is 11.0. The van der Waals surface area contributed by atoms with Crippen molar-refractivity contribution in [3.63, 3.8) is 0 Å². The van der Waals surface area contributed by atoms with E-state index in [2.05, 4.69) is 4.99 Å². The molecule has 106 valence electrons. The molecule has 0 bridgehead atoms. The van der Waals surface area contributed by atoms with E-state index in [9.17, 15) is 14.4 Å². The van der Waals surface area contributed by atoms with Crippen molar-refractivity contribution in [3.8, 4) is 0 Å². The Morgan fingerprint density at radius 3 is 2.53 bits per heavy atom. The molecule has 0 saturated carbocycles. The molecule has 1 aliphatic rings. The van der Waals surface area contributed by atoms with E-state index in [1.807, 2.05) is 0 Å². The Balaban J connectivity index is 2.52. The van der Waals surface area contributed by atoms with Gasteiger partial charge in [0.15, 0.2) is 12.2 Å². The summed E-state index contributed by atoms with van der Waals surface area (Å²) in [5, 5.41) is 0. The summed E-state index contributed by atoms with van der Waals surface area (Å²) in [4.78, 5) is 38.3. The second kappa shape index (κ2) is 6.17. The first-order valence-electron chi connectivity index (χ1n) is 5.90. The highest BCUT2D eigenvalue weighted by atomic mass is 16.6. The fraction of sp³-hybridized carbons (Fsp3) is 0.636. The minimum absolute atomic E-state index is 0.169. The van der Waals surface area contributed by atoms with Crippen LogP contribution in [0.25, 0.3) is 0 Å².